The Bertz CT molecular complexity index is 582. The van der Waals surface area contributed by atoms with Gasteiger partial charge < -0.3 is 9.47 Å². The van der Waals surface area contributed by atoms with Crippen LogP contribution in [0.15, 0.2) is 26.0 Å². The maximum atomic E-state index is 11.3. The monoisotopic (exact) mass is 427 g/mol. The smallest absolute Gasteiger partial charge is 0.238 e. The van der Waals surface area contributed by atoms with E-state index in [2.05, 4.69) is 31.9 Å². The van der Waals surface area contributed by atoms with Crippen molar-refractivity contribution < 1.29 is 17.9 Å². The van der Waals surface area contributed by atoms with E-state index in [0.29, 0.717) is 21.3 Å². The highest BCUT2D eigenvalue weighted by molar-refractivity contribution is 9.11. The lowest BCUT2D eigenvalue weighted by Crippen LogP contribution is -2.18. The molecule has 0 aromatic heterocycles. The normalized spacial score (nSPS) is 23.0. The van der Waals surface area contributed by atoms with Crippen LogP contribution in [0, 0.1) is 0 Å². The van der Waals surface area contributed by atoms with Crippen molar-refractivity contribution >= 4 is 41.9 Å². The standard InChI is InChI=1S/C12H15Br2NO4S/c1-7-2-3-8(19-7)6-18-12-10(13)4-9(5-11(12)14)20(15,16)17/h4-5,7-8H,2-3,6H2,1H3,(H2,15,16,17). The average molecular weight is 429 g/mol. The Morgan fingerprint density at radius 2 is 1.95 bits per heavy atom. The van der Waals surface area contributed by atoms with Gasteiger partial charge in [-0.25, -0.2) is 13.6 Å². The van der Waals surface area contributed by atoms with Crippen LogP contribution >= 0.6 is 31.9 Å². The van der Waals surface area contributed by atoms with Gasteiger partial charge in [-0.1, -0.05) is 0 Å². The molecule has 0 radical (unpaired) electrons. The van der Waals surface area contributed by atoms with E-state index in [1.165, 1.54) is 12.1 Å². The number of benzene rings is 1. The van der Waals surface area contributed by atoms with E-state index >= 15 is 0 Å². The molecule has 8 heteroatoms. The van der Waals surface area contributed by atoms with Crippen LogP contribution in [0.5, 0.6) is 5.75 Å². The highest BCUT2D eigenvalue weighted by Crippen LogP contribution is 2.36. The molecule has 2 atom stereocenters. The van der Waals surface area contributed by atoms with Crippen molar-refractivity contribution in [1.29, 1.82) is 0 Å². The number of sulfonamides is 1. The number of nitrogens with two attached hydrogens (primary N) is 1. The molecule has 112 valence electrons. The summed E-state index contributed by atoms with van der Waals surface area (Å²) in [5.74, 6) is 0.542. The third-order valence-electron chi connectivity index (χ3n) is 3.03. The predicted molar refractivity (Wildman–Crippen MR) is 82.3 cm³/mol. The van der Waals surface area contributed by atoms with Gasteiger partial charge in [-0.15, -0.1) is 0 Å². The number of hydrogen-bond acceptors (Lipinski definition) is 4. The number of ether oxygens (including phenoxy) is 2. The van der Waals surface area contributed by atoms with Gasteiger partial charge in [0.15, 0.2) is 0 Å². The molecule has 0 saturated carbocycles. The first kappa shape index (κ1) is 16.2. The predicted octanol–water partition coefficient (Wildman–Crippen LogP) is 2.81. The molecule has 1 aliphatic heterocycles. The third kappa shape index (κ3) is 3.94. The van der Waals surface area contributed by atoms with E-state index in [4.69, 9.17) is 14.6 Å². The molecular formula is C12H15Br2NO4S. The molecule has 1 aliphatic rings. The van der Waals surface area contributed by atoms with Crippen molar-refractivity contribution in [3.8, 4) is 5.75 Å². The molecule has 0 spiro atoms. The van der Waals surface area contributed by atoms with Crippen molar-refractivity contribution in [2.45, 2.75) is 36.9 Å². The summed E-state index contributed by atoms with van der Waals surface area (Å²) >= 11 is 6.59. The third-order valence-corrected chi connectivity index (χ3v) is 5.10. The lowest BCUT2D eigenvalue weighted by atomic mass is 10.2. The zero-order chi connectivity index (χ0) is 14.9. The summed E-state index contributed by atoms with van der Waals surface area (Å²) in [6.07, 6.45) is 2.33. The summed E-state index contributed by atoms with van der Waals surface area (Å²) in [5.41, 5.74) is 0. The minimum absolute atomic E-state index is 0.0225. The Hall–Kier alpha value is -0.150. The SMILES string of the molecule is CC1CCC(COc2c(Br)cc(S(N)(=O)=O)cc2Br)O1. The van der Waals surface area contributed by atoms with Crippen LogP contribution in [0.4, 0.5) is 0 Å². The highest BCUT2D eigenvalue weighted by Gasteiger charge is 2.23. The van der Waals surface area contributed by atoms with Crippen LogP contribution in [0.25, 0.3) is 0 Å². The molecule has 1 saturated heterocycles. The molecule has 5 nitrogen and oxygen atoms in total. The highest BCUT2D eigenvalue weighted by atomic mass is 79.9. The minimum atomic E-state index is -3.74. The summed E-state index contributed by atoms with van der Waals surface area (Å²) in [5, 5.41) is 5.10. The summed E-state index contributed by atoms with van der Waals surface area (Å²) < 4.78 is 35.1. The van der Waals surface area contributed by atoms with Gasteiger partial charge >= 0.3 is 0 Å². The lowest BCUT2D eigenvalue weighted by Gasteiger charge is -2.15. The molecule has 2 unspecified atom stereocenters. The van der Waals surface area contributed by atoms with E-state index in [-0.39, 0.29) is 17.1 Å². The molecule has 1 aromatic carbocycles. The quantitative estimate of drug-likeness (QED) is 0.799. The molecule has 0 bridgehead atoms. The van der Waals surface area contributed by atoms with Gasteiger partial charge in [0, 0.05) is 0 Å². The van der Waals surface area contributed by atoms with Crippen LogP contribution in [0.1, 0.15) is 19.8 Å². The largest absolute Gasteiger partial charge is 0.489 e. The first-order valence-corrected chi connectivity index (χ1v) is 9.20. The summed E-state index contributed by atoms with van der Waals surface area (Å²) in [7, 11) is -3.74. The fourth-order valence-electron chi connectivity index (χ4n) is 2.02. The Kier molecular flexibility index (Phi) is 5.12. The molecule has 2 rings (SSSR count). The number of hydrogen-bond donors (Lipinski definition) is 1. The molecule has 1 fully saturated rings. The second kappa shape index (κ2) is 6.31. The Balaban J connectivity index is 2.13. The molecule has 0 amide bonds. The Labute approximate surface area is 135 Å². The van der Waals surface area contributed by atoms with Gasteiger partial charge in [0.25, 0.3) is 0 Å². The topological polar surface area (TPSA) is 78.6 Å². The van der Waals surface area contributed by atoms with Gasteiger partial charge in [-0.05, 0) is 63.8 Å². The van der Waals surface area contributed by atoms with E-state index < -0.39 is 10.0 Å². The zero-order valence-corrected chi connectivity index (χ0v) is 14.8. The van der Waals surface area contributed by atoms with Gasteiger partial charge in [0.2, 0.25) is 10.0 Å². The maximum Gasteiger partial charge on any atom is 0.238 e. The molecule has 20 heavy (non-hydrogen) atoms. The van der Waals surface area contributed by atoms with Gasteiger partial charge in [-0.2, -0.15) is 0 Å². The second-order valence-electron chi connectivity index (χ2n) is 4.72. The van der Waals surface area contributed by atoms with E-state index in [9.17, 15) is 8.42 Å². The van der Waals surface area contributed by atoms with Crippen LogP contribution in [-0.4, -0.2) is 27.2 Å². The molecule has 1 heterocycles. The van der Waals surface area contributed by atoms with Crippen molar-refractivity contribution in [2.24, 2.45) is 5.14 Å². The fourth-order valence-corrected chi connectivity index (χ4v) is 4.31. The summed E-state index contributed by atoms with van der Waals surface area (Å²) in [6.45, 7) is 2.46. The number of halogens is 2. The molecule has 0 aliphatic carbocycles. The molecule has 2 N–H and O–H groups in total. The first-order valence-electron chi connectivity index (χ1n) is 6.07. The Morgan fingerprint density at radius 1 is 1.35 bits per heavy atom. The van der Waals surface area contributed by atoms with Crippen molar-refractivity contribution in [3.05, 3.63) is 21.1 Å². The lowest BCUT2D eigenvalue weighted by molar-refractivity contribution is 0.0261. The Morgan fingerprint density at radius 3 is 2.40 bits per heavy atom. The first-order chi connectivity index (χ1) is 9.27. The summed E-state index contributed by atoms with van der Waals surface area (Å²) in [4.78, 5) is 0.0225. The van der Waals surface area contributed by atoms with Crippen molar-refractivity contribution in [3.63, 3.8) is 0 Å². The van der Waals surface area contributed by atoms with Gasteiger partial charge in [0.1, 0.15) is 12.4 Å². The van der Waals surface area contributed by atoms with Crippen molar-refractivity contribution in [1.82, 2.24) is 0 Å². The zero-order valence-electron chi connectivity index (χ0n) is 10.8. The molecular weight excluding hydrogens is 414 g/mol. The average Bonchev–Trinajstić information content (AvgIpc) is 2.72. The van der Waals surface area contributed by atoms with E-state index in [1.807, 2.05) is 6.92 Å². The number of rotatable bonds is 4. The maximum absolute atomic E-state index is 11.3. The number of primary sulfonamides is 1. The fraction of sp³-hybridized carbons (Fsp3) is 0.500. The van der Waals surface area contributed by atoms with Gasteiger partial charge in [-0.3, -0.25) is 0 Å². The van der Waals surface area contributed by atoms with Crippen molar-refractivity contribution in [2.75, 3.05) is 6.61 Å². The van der Waals surface area contributed by atoms with Crippen LogP contribution < -0.4 is 9.88 Å². The van der Waals surface area contributed by atoms with E-state index in [1.54, 1.807) is 0 Å². The minimum Gasteiger partial charge on any atom is -0.489 e. The summed E-state index contributed by atoms with van der Waals surface area (Å²) in [6, 6.07) is 2.85. The van der Waals surface area contributed by atoms with Crippen LogP contribution in [0.2, 0.25) is 0 Å². The van der Waals surface area contributed by atoms with Crippen LogP contribution in [-0.2, 0) is 14.8 Å². The van der Waals surface area contributed by atoms with Crippen LogP contribution in [0.3, 0.4) is 0 Å². The molecule has 1 aromatic rings. The van der Waals surface area contributed by atoms with E-state index in [0.717, 1.165) is 12.8 Å². The second-order valence-corrected chi connectivity index (χ2v) is 7.99. The van der Waals surface area contributed by atoms with Gasteiger partial charge in [0.05, 0.1) is 26.0 Å².